The molecule has 18 heavy (non-hydrogen) atoms. The number of methoxy groups -OCH3 is 1. The maximum Gasteiger partial charge on any atom is 0.308 e. The Balaban J connectivity index is 2.37. The molecule has 98 valence electrons. The minimum absolute atomic E-state index is 0.155. The molecule has 3 nitrogen and oxygen atoms in total. The molecular formula is C15H20O3. The van der Waals surface area contributed by atoms with Gasteiger partial charge in [-0.25, -0.2) is 0 Å². The maximum absolute atomic E-state index is 11.7. The van der Waals surface area contributed by atoms with Crippen molar-refractivity contribution in [1.82, 2.24) is 0 Å². The fourth-order valence-corrected chi connectivity index (χ4v) is 2.86. The first-order chi connectivity index (χ1) is 8.63. The van der Waals surface area contributed by atoms with E-state index in [4.69, 9.17) is 4.74 Å². The summed E-state index contributed by atoms with van der Waals surface area (Å²) < 4.78 is 4.85. The van der Waals surface area contributed by atoms with Gasteiger partial charge in [-0.3, -0.25) is 4.79 Å². The Morgan fingerprint density at radius 3 is 2.94 bits per heavy atom. The van der Waals surface area contributed by atoms with Crippen molar-refractivity contribution in [3.63, 3.8) is 0 Å². The molecule has 0 saturated heterocycles. The van der Waals surface area contributed by atoms with E-state index < -0.39 is 0 Å². The molecule has 0 heterocycles. The first-order valence-electron chi connectivity index (χ1n) is 6.53. The highest BCUT2D eigenvalue weighted by Gasteiger charge is 2.29. The normalized spacial score (nSPS) is 20.7. The van der Waals surface area contributed by atoms with E-state index in [-0.39, 0.29) is 23.6 Å². The number of carbonyl (C=O) groups is 1. The van der Waals surface area contributed by atoms with Crippen LogP contribution < -0.4 is 0 Å². The van der Waals surface area contributed by atoms with Crippen LogP contribution in [-0.2, 0) is 16.0 Å². The number of carbonyl (C=O) groups excluding carboxylic acids is 1. The molecule has 1 aliphatic carbocycles. The van der Waals surface area contributed by atoms with E-state index in [9.17, 15) is 9.90 Å². The molecule has 1 aromatic carbocycles. The van der Waals surface area contributed by atoms with E-state index in [2.05, 4.69) is 0 Å². The van der Waals surface area contributed by atoms with Crippen LogP contribution in [0.4, 0.5) is 0 Å². The Morgan fingerprint density at radius 1 is 1.44 bits per heavy atom. The third-order valence-electron chi connectivity index (χ3n) is 3.92. The number of hydrogen-bond acceptors (Lipinski definition) is 3. The number of hydrogen-bond donors (Lipinski definition) is 1. The topological polar surface area (TPSA) is 46.5 Å². The second kappa shape index (κ2) is 5.42. The Kier molecular flexibility index (Phi) is 3.90. The van der Waals surface area contributed by atoms with Crippen LogP contribution >= 0.6 is 0 Å². The molecule has 1 unspecified atom stereocenters. The summed E-state index contributed by atoms with van der Waals surface area (Å²) in [6.45, 7) is 1.91. The lowest BCUT2D eigenvalue weighted by molar-refractivity contribution is -0.145. The zero-order valence-corrected chi connectivity index (χ0v) is 11.0. The predicted molar refractivity (Wildman–Crippen MR) is 69.6 cm³/mol. The molecule has 0 aromatic heterocycles. The molecule has 2 atom stereocenters. The molecule has 1 aliphatic rings. The summed E-state index contributed by atoms with van der Waals surface area (Å²) in [7, 11) is 1.43. The van der Waals surface area contributed by atoms with Gasteiger partial charge in [-0.15, -0.1) is 0 Å². The third-order valence-corrected chi connectivity index (χ3v) is 3.92. The van der Waals surface area contributed by atoms with Gasteiger partial charge in [0.05, 0.1) is 13.0 Å². The minimum Gasteiger partial charge on any atom is -0.508 e. The van der Waals surface area contributed by atoms with E-state index in [0.29, 0.717) is 0 Å². The van der Waals surface area contributed by atoms with Gasteiger partial charge in [0.1, 0.15) is 5.75 Å². The SMILES string of the molecule is COC(=O)[C@H](C)C1CCCCc2ccc(O)cc21. The molecule has 0 amide bonds. The van der Waals surface area contributed by atoms with Crippen LogP contribution in [0.5, 0.6) is 5.75 Å². The number of fused-ring (bicyclic) bond motifs is 1. The molecular weight excluding hydrogens is 228 g/mol. The van der Waals surface area contributed by atoms with Gasteiger partial charge in [0.2, 0.25) is 0 Å². The van der Waals surface area contributed by atoms with Gasteiger partial charge in [0, 0.05) is 0 Å². The van der Waals surface area contributed by atoms with Gasteiger partial charge >= 0.3 is 5.97 Å². The van der Waals surface area contributed by atoms with Crippen molar-refractivity contribution in [3.05, 3.63) is 29.3 Å². The highest BCUT2D eigenvalue weighted by atomic mass is 16.5. The molecule has 0 fully saturated rings. The number of rotatable bonds is 2. The average molecular weight is 248 g/mol. The van der Waals surface area contributed by atoms with Crippen LogP contribution in [0.3, 0.4) is 0 Å². The van der Waals surface area contributed by atoms with Gasteiger partial charge in [0.15, 0.2) is 0 Å². The molecule has 3 heteroatoms. The number of phenolic OH excluding ortho intramolecular Hbond substituents is 1. The largest absolute Gasteiger partial charge is 0.508 e. The Morgan fingerprint density at radius 2 is 2.22 bits per heavy atom. The van der Waals surface area contributed by atoms with Crippen LogP contribution in [0.1, 0.15) is 43.2 Å². The monoisotopic (exact) mass is 248 g/mol. The highest BCUT2D eigenvalue weighted by Crippen LogP contribution is 2.37. The van der Waals surface area contributed by atoms with Gasteiger partial charge in [-0.1, -0.05) is 19.4 Å². The minimum atomic E-state index is -0.170. The van der Waals surface area contributed by atoms with Crippen LogP contribution in [0.2, 0.25) is 0 Å². The fourth-order valence-electron chi connectivity index (χ4n) is 2.86. The maximum atomic E-state index is 11.7. The highest BCUT2D eigenvalue weighted by molar-refractivity contribution is 5.73. The number of phenols is 1. The van der Waals surface area contributed by atoms with Crippen molar-refractivity contribution in [1.29, 1.82) is 0 Å². The van der Waals surface area contributed by atoms with Crippen LogP contribution in [0, 0.1) is 5.92 Å². The summed E-state index contributed by atoms with van der Waals surface area (Å²) >= 11 is 0. The fraction of sp³-hybridized carbons (Fsp3) is 0.533. The molecule has 1 N–H and O–H groups in total. The van der Waals surface area contributed by atoms with E-state index in [1.54, 1.807) is 6.07 Å². The number of aryl methyl sites for hydroxylation is 1. The molecule has 0 radical (unpaired) electrons. The molecule has 0 aliphatic heterocycles. The van der Waals surface area contributed by atoms with E-state index in [1.807, 2.05) is 19.1 Å². The van der Waals surface area contributed by atoms with E-state index >= 15 is 0 Å². The Labute approximate surface area is 108 Å². The molecule has 1 aromatic rings. The predicted octanol–water partition coefficient (Wildman–Crippen LogP) is 3.01. The Bertz CT molecular complexity index is 439. The van der Waals surface area contributed by atoms with Crippen LogP contribution in [-0.4, -0.2) is 18.2 Å². The Hall–Kier alpha value is -1.51. The first-order valence-corrected chi connectivity index (χ1v) is 6.53. The van der Waals surface area contributed by atoms with Crippen molar-refractivity contribution in [3.8, 4) is 5.75 Å². The number of benzene rings is 1. The van der Waals surface area contributed by atoms with Crippen molar-refractivity contribution < 1.29 is 14.6 Å². The van der Waals surface area contributed by atoms with Crippen LogP contribution in [0.15, 0.2) is 18.2 Å². The zero-order valence-electron chi connectivity index (χ0n) is 11.0. The smallest absolute Gasteiger partial charge is 0.308 e. The summed E-state index contributed by atoms with van der Waals surface area (Å²) in [6.07, 6.45) is 4.26. The standard InChI is InChI=1S/C15H20O3/c1-10(15(17)18-2)13-6-4-3-5-11-7-8-12(16)9-14(11)13/h7-10,13,16H,3-6H2,1-2H3/t10-,13?/m1/s1. The third kappa shape index (κ3) is 2.50. The van der Waals surface area contributed by atoms with Crippen molar-refractivity contribution in [2.24, 2.45) is 5.92 Å². The molecule has 0 bridgehead atoms. The lowest BCUT2D eigenvalue weighted by Crippen LogP contribution is -2.21. The first kappa shape index (κ1) is 12.9. The van der Waals surface area contributed by atoms with Gasteiger partial charge < -0.3 is 9.84 Å². The van der Waals surface area contributed by atoms with Crippen molar-refractivity contribution >= 4 is 5.97 Å². The number of aromatic hydroxyl groups is 1. The van der Waals surface area contributed by atoms with Gasteiger partial charge in [-0.05, 0) is 48.4 Å². The second-order valence-electron chi connectivity index (χ2n) is 5.05. The van der Waals surface area contributed by atoms with Gasteiger partial charge in [0.25, 0.3) is 0 Å². The quantitative estimate of drug-likeness (QED) is 0.646. The van der Waals surface area contributed by atoms with E-state index in [1.165, 1.54) is 12.7 Å². The summed E-state index contributed by atoms with van der Waals surface area (Å²) in [4.78, 5) is 11.7. The van der Waals surface area contributed by atoms with Crippen LogP contribution in [0.25, 0.3) is 0 Å². The number of ether oxygens (including phenoxy) is 1. The lowest BCUT2D eigenvalue weighted by Gasteiger charge is -2.23. The average Bonchev–Trinajstić information content (AvgIpc) is 2.58. The summed E-state index contributed by atoms with van der Waals surface area (Å²) in [6, 6.07) is 5.52. The zero-order chi connectivity index (χ0) is 13.1. The van der Waals surface area contributed by atoms with E-state index in [0.717, 1.165) is 31.2 Å². The van der Waals surface area contributed by atoms with Gasteiger partial charge in [-0.2, -0.15) is 0 Å². The summed E-state index contributed by atoms with van der Waals surface area (Å²) in [5.74, 6) is 0.101. The number of esters is 1. The van der Waals surface area contributed by atoms with Crippen molar-refractivity contribution in [2.75, 3.05) is 7.11 Å². The second-order valence-corrected chi connectivity index (χ2v) is 5.05. The summed E-state index contributed by atoms with van der Waals surface area (Å²) in [5, 5.41) is 9.66. The lowest BCUT2D eigenvalue weighted by atomic mass is 9.83. The molecule has 2 rings (SSSR count). The molecule has 0 spiro atoms. The van der Waals surface area contributed by atoms with Crippen molar-refractivity contribution in [2.45, 2.75) is 38.5 Å². The molecule has 0 saturated carbocycles. The summed E-state index contributed by atoms with van der Waals surface area (Å²) in [5.41, 5.74) is 2.37.